The van der Waals surface area contributed by atoms with Crippen molar-refractivity contribution in [1.82, 2.24) is 0 Å². The maximum Gasteiger partial charge on any atom is 1.00 e. The predicted molar refractivity (Wildman–Crippen MR) is 97.2 cm³/mol. The molecular formula is C19H15Cl2KO3. The molecule has 0 bridgehead atoms. The van der Waals surface area contributed by atoms with Crippen LogP contribution in [0.15, 0.2) is 72.8 Å². The second-order valence-electron chi connectivity index (χ2n) is 4.86. The molecule has 0 aliphatic rings. The normalized spacial score (nSPS) is 9.36. The van der Waals surface area contributed by atoms with Gasteiger partial charge in [0.15, 0.2) is 5.78 Å². The van der Waals surface area contributed by atoms with Crippen molar-refractivity contribution in [3.05, 3.63) is 94.0 Å². The molecule has 3 aromatic rings. The minimum absolute atomic E-state index is 0. The minimum Gasteiger partial charge on any atom is -1.00 e. The van der Waals surface area contributed by atoms with Gasteiger partial charge < -0.3 is 11.6 Å². The molecule has 6 heteroatoms. The van der Waals surface area contributed by atoms with Crippen molar-refractivity contribution >= 4 is 29.0 Å². The Kier molecular flexibility index (Phi) is 9.75. The molecule has 0 radical (unpaired) electrons. The van der Waals surface area contributed by atoms with Gasteiger partial charge in [-0.3, -0.25) is 4.79 Å². The van der Waals surface area contributed by atoms with Gasteiger partial charge in [0.1, 0.15) is 11.5 Å². The van der Waals surface area contributed by atoms with E-state index in [0.717, 1.165) is 0 Å². The molecule has 3 nitrogen and oxygen atoms in total. The molecule has 0 unspecified atom stereocenters. The van der Waals surface area contributed by atoms with Gasteiger partial charge in [-0.2, -0.15) is 0 Å². The average Bonchev–Trinajstić information content (AvgIpc) is 2.59. The van der Waals surface area contributed by atoms with Crippen LogP contribution in [0.5, 0.6) is 11.5 Å². The SMILES string of the molecule is O=C(c1ccc(Cl)cc1)c1ccc(Cl)cc1.Oc1ccc(O)cc1.[H-].[K+]. The molecule has 0 aromatic heterocycles. The fourth-order valence-corrected chi connectivity index (χ4v) is 2.07. The third-order valence-corrected chi connectivity index (χ3v) is 3.57. The van der Waals surface area contributed by atoms with Gasteiger partial charge in [0.05, 0.1) is 0 Å². The summed E-state index contributed by atoms with van der Waals surface area (Å²) in [7, 11) is 0. The Hall–Kier alpha value is -0.854. The summed E-state index contributed by atoms with van der Waals surface area (Å²) >= 11 is 11.5. The van der Waals surface area contributed by atoms with E-state index in [1.165, 1.54) is 24.3 Å². The zero-order valence-electron chi connectivity index (χ0n) is 14.5. The van der Waals surface area contributed by atoms with Crippen molar-refractivity contribution in [2.75, 3.05) is 0 Å². The molecule has 0 saturated carbocycles. The number of carbonyl (C=O) groups excluding carboxylic acids is 1. The van der Waals surface area contributed by atoms with E-state index in [0.29, 0.717) is 21.2 Å². The van der Waals surface area contributed by atoms with Gasteiger partial charge in [0.2, 0.25) is 0 Å². The smallest absolute Gasteiger partial charge is 1.00 e. The molecule has 0 atom stereocenters. The van der Waals surface area contributed by atoms with Crippen LogP contribution in [-0.4, -0.2) is 16.0 Å². The Labute approximate surface area is 200 Å². The zero-order valence-corrected chi connectivity index (χ0v) is 18.1. The van der Waals surface area contributed by atoms with Gasteiger partial charge in [-0.1, -0.05) is 23.2 Å². The molecule has 0 fully saturated rings. The van der Waals surface area contributed by atoms with Gasteiger partial charge >= 0.3 is 51.4 Å². The van der Waals surface area contributed by atoms with Crippen molar-refractivity contribution in [1.29, 1.82) is 0 Å². The molecule has 0 saturated heterocycles. The number of phenolic OH excluding ortho intramolecular Hbond substituents is 2. The Bertz CT molecular complexity index is 739. The second-order valence-corrected chi connectivity index (χ2v) is 5.73. The Morgan fingerprint density at radius 1 is 0.640 bits per heavy atom. The zero-order chi connectivity index (χ0) is 17.5. The number of ketones is 1. The fraction of sp³-hybridized carbons (Fsp3) is 0. The summed E-state index contributed by atoms with van der Waals surface area (Å²) in [5.74, 6) is 0.305. The summed E-state index contributed by atoms with van der Waals surface area (Å²) < 4.78 is 0. The summed E-state index contributed by atoms with van der Waals surface area (Å²) in [5, 5.41) is 18.5. The van der Waals surface area contributed by atoms with Crippen LogP contribution < -0.4 is 51.4 Å². The van der Waals surface area contributed by atoms with E-state index in [-0.39, 0.29) is 70.1 Å². The Balaban J connectivity index is 0.000000536. The van der Waals surface area contributed by atoms with E-state index in [1.807, 2.05) is 0 Å². The summed E-state index contributed by atoms with van der Waals surface area (Å²) in [6.45, 7) is 0. The van der Waals surface area contributed by atoms with Crippen LogP contribution in [0.4, 0.5) is 0 Å². The number of hydrogen-bond acceptors (Lipinski definition) is 3. The van der Waals surface area contributed by atoms with Gasteiger partial charge in [0, 0.05) is 21.2 Å². The third kappa shape index (κ3) is 7.50. The molecule has 0 aliphatic carbocycles. The van der Waals surface area contributed by atoms with Gasteiger partial charge in [-0.25, -0.2) is 0 Å². The molecule has 0 spiro atoms. The first-order valence-corrected chi connectivity index (χ1v) is 7.75. The van der Waals surface area contributed by atoms with E-state index in [9.17, 15) is 4.79 Å². The molecule has 0 heterocycles. The third-order valence-electron chi connectivity index (χ3n) is 3.06. The van der Waals surface area contributed by atoms with Crippen molar-refractivity contribution in [3.8, 4) is 11.5 Å². The van der Waals surface area contributed by atoms with Crippen LogP contribution in [0.3, 0.4) is 0 Å². The van der Waals surface area contributed by atoms with Crippen LogP contribution in [-0.2, 0) is 0 Å². The van der Waals surface area contributed by atoms with E-state index in [2.05, 4.69) is 0 Å². The molecule has 3 aromatic carbocycles. The Morgan fingerprint density at radius 3 is 1.20 bits per heavy atom. The number of rotatable bonds is 2. The van der Waals surface area contributed by atoms with E-state index in [4.69, 9.17) is 33.4 Å². The fourth-order valence-electron chi connectivity index (χ4n) is 1.82. The maximum atomic E-state index is 12.0. The molecule has 0 amide bonds. The molecule has 2 N–H and O–H groups in total. The van der Waals surface area contributed by atoms with Gasteiger partial charge in [0.25, 0.3) is 0 Å². The first-order valence-electron chi connectivity index (χ1n) is 6.99. The quantitative estimate of drug-likeness (QED) is 0.394. The van der Waals surface area contributed by atoms with Crippen LogP contribution in [0.2, 0.25) is 10.0 Å². The first kappa shape index (κ1) is 22.2. The molecule has 124 valence electrons. The number of halogens is 2. The summed E-state index contributed by atoms with van der Waals surface area (Å²) in [5.41, 5.74) is 1.23. The monoisotopic (exact) mass is 400 g/mol. The summed E-state index contributed by atoms with van der Waals surface area (Å²) in [4.78, 5) is 12.0. The van der Waals surface area contributed by atoms with E-state index in [1.54, 1.807) is 48.5 Å². The number of benzene rings is 3. The number of carbonyl (C=O) groups is 1. The Morgan fingerprint density at radius 2 is 0.920 bits per heavy atom. The van der Waals surface area contributed by atoms with E-state index >= 15 is 0 Å². The molecular weight excluding hydrogens is 386 g/mol. The standard InChI is InChI=1S/C13H8Cl2O.C6H6O2.K.H/c14-11-5-1-9(2-6-11)13(16)10-3-7-12(15)8-4-10;7-5-1-2-6(8)4-3-5;;/h1-8H;1-4,7-8H;;/q;;+1;-1. The number of aromatic hydroxyl groups is 2. The van der Waals surface area contributed by atoms with Crippen LogP contribution in [0.25, 0.3) is 0 Å². The summed E-state index contributed by atoms with van der Waals surface area (Å²) in [6, 6.07) is 19.3. The van der Waals surface area contributed by atoms with Crippen molar-refractivity contribution < 1.29 is 67.8 Å². The summed E-state index contributed by atoms with van der Waals surface area (Å²) in [6.07, 6.45) is 0. The van der Waals surface area contributed by atoms with Crippen LogP contribution in [0.1, 0.15) is 17.3 Å². The number of phenols is 2. The molecule has 3 rings (SSSR count). The van der Waals surface area contributed by atoms with Crippen molar-refractivity contribution in [3.63, 3.8) is 0 Å². The average molecular weight is 401 g/mol. The second kappa shape index (κ2) is 11.0. The minimum atomic E-state index is -0.0340. The van der Waals surface area contributed by atoms with E-state index < -0.39 is 0 Å². The van der Waals surface area contributed by atoms with Gasteiger partial charge in [-0.15, -0.1) is 0 Å². The largest absolute Gasteiger partial charge is 1.00 e. The predicted octanol–water partition coefficient (Wildman–Crippen LogP) is 2.44. The van der Waals surface area contributed by atoms with Crippen molar-refractivity contribution in [2.45, 2.75) is 0 Å². The van der Waals surface area contributed by atoms with Crippen LogP contribution >= 0.6 is 23.2 Å². The topological polar surface area (TPSA) is 57.5 Å². The van der Waals surface area contributed by atoms with Crippen molar-refractivity contribution in [2.24, 2.45) is 0 Å². The first-order chi connectivity index (χ1) is 11.5. The number of hydrogen-bond donors (Lipinski definition) is 2. The van der Waals surface area contributed by atoms with Gasteiger partial charge in [-0.05, 0) is 72.8 Å². The molecule has 0 aliphatic heterocycles. The van der Waals surface area contributed by atoms with Crippen LogP contribution in [0, 0.1) is 0 Å². The molecule has 25 heavy (non-hydrogen) atoms. The maximum absolute atomic E-state index is 12.0.